The third-order valence-electron chi connectivity index (χ3n) is 5.00. The van der Waals surface area contributed by atoms with E-state index in [2.05, 4.69) is 6.92 Å². The normalized spacial score (nSPS) is 18.0. The molecule has 0 bridgehead atoms. The van der Waals surface area contributed by atoms with Crippen molar-refractivity contribution in [2.75, 3.05) is 36.1 Å². The first-order valence-electron chi connectivity index (χ1n) is 9.77. The Kier molecular flexibility index (Phi) is 5.94. The molecule has 2 aromatic carbocycles. The first-order valence-corrected chi connectivity index (χ1v) is 10.6. The third-order valence-corrected chi connectivity index (χ3v) is 6.23. The van der Waals surface area contributed by atoms with E-state index in [1.54, 1.807) is 40.9 Å². The quantitative estimate of drug-likeness (QED) is 0.700. The third kappa shape index (κ3) is 4.28. The fourth-order valence-corrected chi connectivity index (χ4v) is 4.58. The number of para-hydroxylation sites is 3. The molecule has 2 aromatic rings. The van der Waals surface area contributed by atoms with E-state index >= 15 is 0 Å². The average molecular weight is 426 g/mol. The van der Waals surface area contributed by atoms with Crippen molar-refractivity contribution >= 4 is 40.9 Å². The number of carbonyl (C=O) groups is 3. The van der Waals surface area contributed by atoms with Crippen molar-refractivity contribution in [2.45, 2.75) is 23.5 Å². The number of rotatable bonds is 4. The maximum Gasteiger partial charge on any atom is 0.326 e. The maximum atomic E-state index is 12.8. The molecule has 0 aliphatic carbocycles. The molecule has 2 amide bonds. The molecule has 0 saturated carbocycles. The van der Waals surface area contributed by atoms with Crippen molar-refractivity contribution in [3.8, 4) is 5.75 Å². The molecule has 8 heteroatoms. The minimum Gasteiger partial charge on any atom is -0.482 e. The SMILES string of the molecule is CC1CCN(C(=O)COC(=O)CN2C(=O)COc3ccccc32)c2ccccc2S1. The number of fused-ring (bicyclic) bond motifs is 2. The highest BCUT2D eigenvalue weighted by atomic mass is 32.2. The molecule has 2 aliphatic heterocycles. The van der Waals surface area contributed by atoms with Crippen LogP contribution in [0, 0.1) is 0 Å². The summed E-state index contributed by atoms with van der Waals surface area (Å²) < 4.78 is 10.6. The summed E-state index contributed by atoms with van der Waals surface area (Å²) >= 11 is 1.74. The van der Waals surface area contributed by atoms with E-state index in [1.165, 1.54) is 4.90 Å². The number of amides is 2. The van der Waals surface area contributed by atoms with Crippen molar-refractivity contribution in [2.24, 2.45) is 0 Å². The zero-order valence-corrected chi connectivity index (χ0v) is 17.4. The minimum absolute atomic E-state index is 0.135. The number of ether oxygens (including phenoxy) is 2. The molecule has 0 radical (unpaired) electrons. The van der Waals surface area contributed by atoms with Crippen molar-refractivity contribution in [3.05, 3.63) is 48.5 Å². The van der Waals surface area contributed by atoms with Crippen LogP contribution >= 0.6 is 11.8 Å². The molecule has 156 valence electrons. The van der Waals surface area contributed by atoms with Crippen LogP contribution in [0.4, 0.5) is 11.4 Å². The van der Waals surface area contributed by atoms with E-state index in [1.807, 2.05) is 24.3 Å². The number of hydrogen-bond acceptors (Lipinski definition) is 6. The summed E-state index contributed by atoms with van der Waals surface area (Å²) in [6, 6.07) is 14.7. The van der Waals surface area contributed by atoms with E-state index in [0.717, 1.165) is 17.0 Å². The van der Waals surface area contributed by atoms with Gasteiger partial charge in [0.15, 0.2) is 13.2 Å². The van der Waals surface area contributed by atoms with Gasteiger partial charge in [0.1, 0.15) is 12.3 Å². The molecule has 2 aliphatic rings. The van der Waals surface area contributed by atoms with Gasteiger partial charge >= 0.3 is 5.97 Å². The van der Waals surface area contributed by atoms with Crippen LogP contribution < -0.4 is 14.5 Å². The number of thioether (sulfide) groups is 1. The van der Waals surface area contributed by atoms with Crippen LogP contribution in [0.5, 0.6) is 5.75 Å². The molecule has 0 aromatic heterocycles. The number of esters is 1. The van der Waals surface area contributed by atoms with Gasteiger partial charge in [0.25, 0.3) is 11.8 Å². The Morgan fingerprint density at radius 3 is 2.70 bits per heavy atom. The molecular formula is C22H22N2O5S. The van der Waals surface area contributed by atoms with Crippen LogP contribution in [0.15, 0.2) is 53.4 Å². The molecule has 0 saturated heterocycles. The average Bonchev–Trinajstić information content (AvgIpc) is 2.92. The summed E-state index contributed by atoms with van der Waals surface area (Å²) in [6.07, 6.45) is 0.845. The summed E-state index contributed by atoms with van der Waals surface area (Å²) in [4.78, 5) is 41.4. The second kappa shape index (κ2) is 8.79. The smallest absolute Gasteiger partial charge is 0.326 e. The molecule has 0 spiro atoms. The van der Waals surface area contributed by atoms with Crippen LogP contribution in [0.2, 0.25) is 0 Å². The molecule has 7 nitrogen and oxygen atoms in total. The lowest BCUT2D eigenvalue weighted by Gasteiger charge is -2.28. The zero-order chi connectivity index (χ0) is 21.1. The Morgan fingerprint density at radius 1 is 1.13 bits per heavy atom. The van der Waals surface area contributed by atoms with Gasteiger partial charge in [0.05, 0.1) is 11.4 Å². The van der Waals surface area contributed by atoms with Gasteiger partial charge in [0.2, 0.25) is 0 Å². The van der Waals surface area contributed by atoms with Gasteiger partial charge in [-0.15, -0.1) is 11.8 Å². The summed E-state index contributed by atoms with van der Waals surface area (Å²) in [5.41, 5.74) is 1.36. The summed E-state index contributed by atoms with van der Waals surface area (Å²) in [6.45, 7) is 1.93. The van der Waals surface area contributed by atoms with Crippen molar-refractivity contribution in [1.29, 1.82) is 0 Å². The first-order chi connectivity index (χ1) is 14.5. The highest BCUT2D eigenvalue weighted by molar-refractivity contribution is 8.00. The lowest BCUT2D eigenvalue weighted by Crippen LogP contribution is -2.43. The fourth-order valence-electron chi connectivity index (χ4n) is 3.47. The Morgan fingerprint density at radius 2 is 1.87 bits per heavy atom. The van der Waals surface area contributed by atoms with Crippen LogP contribution in [0.3, 0.4) is 0 Å². The van der Waals surface area contributed by atoms with Crippen LogP contribution in [0.25, 0.3) is 0 Å². The standard InChI is InChI=1S/C22H22N2O5S/c1-15-10-11-23(17-7-3-5-9-19(17)30-15)20(25)14-29-22(27)12-24-16-6-2-4-8-18(16)28-13-21(24)26/h2-9,15H,10-14H2,1H3. The second-order valence-corrected chi connectivity index (χ2v) is 8.61. The Bertz CT molecular complexity index is 980. The van der Waals surface area contributed by atoms with Gasteiger partial charge in [-0.05, 0) is 30.7 Å². The van der Waals surface area contributed by atoms with Gasteiger partial charge in [-0.1, -0.05) is 31.2 Å². The summed E-state index contributed by atoms with van der Waals surface area (Å²) in [7, 11) is 0. The van der Waals surface area contributed by atoms with E-state index in [0.29, 0.717) is 23.2 Å². The zero-order valence-electron chi connectivity index (χ0n) is 16.6. The molecule has 0 fully saturated rings. The van der Waals surface area contributed by atoms with Gasteiger partial charge in [-0.2, -0.15) is 0 Å². The molecule has 1 unspecified atom stereocenters. The van der Waals surface area contributed by atoms with E-state index in [9.17, 15) is 14.4 Å². The van der Waals surface area contributed by atoms with Gasteiger partial charge in [0, 0.05) is 16.7 Å². The van der Waals surface area contributed by atoms with Crippen molar-refractivity contribution in [1.82, 2.24) is 0 Å². The van der Waals surface area contributed by atoms with Crippen LogP contribution in [-0.4, -0.2) is 49.3 Å². The van der Waals surface area contributed by atoms with Crippen molar-refractivity contribution in [3.63, 3.8) is 0 Å². The second-order valence-electron chi connectivity index (χ2n) is 7.13. The van der Waals surface area contributed by atoms with Gasteiger partial charge < -0.3 is 14.4 Å². The summed E-state index contributed by atoms with van der Waals surface area (Å²) in [5.74, 6) is -0.711. The lowest BCUT2D eigenvalue weighted by atomic mass is 10.2. The predicted molar refractivity (Wildman–Crippen MR) is 114 cm³/mol. The number of hydrogen-bond donors (Lipinski definition) is 0. The molecule has 0 N–H and O–H groups in total. The Hall–Kier alpha value is -3.00. The molecule has 2 heterocycles. The number of benzene rings is 2. The molecule has 30 heavy (non-hydrogen) atoms. The van der Waals surface area contributed by atoms with Gasteiger partial charge in [-0.3, -0.25) is 19.3 Å². The fraction of sp³-hybridized carbons (Fsp3) is 0.318. The van der Waals surface area contributed by atoms with E-state index in [4.69, 9.17) is 9.47 Å². The lowest BCUT2D eigenvalue weighted by molar-refractivity contribution is -0.147. The van der Waals surface area contributed by atoms with Crippen molar-refractivity contribution < 1.29 is 23.9 Å². The van der Waals surface area contributed by atoms with E-state index < -0.39 is 5.97 Å². The van der Waals surface area contributed by atoms with Gasteiger partial charge in [-0.25, -0.2) is 0 Å². The topological polar surface area (TPSA) is 76.2 Å². The largest absolute Gasteiger partial charge is 0.482 e. The molecule has 4 rings (SSSR count). The van der Waals surface area contributed by atoms with E-state index in [-0.39, 0.29) is 31.6 Å². The first kappa shape index (κ1) is 20.3. The Labute approximate surface area is 178 Å². The molecular weight excluding hydrogens is 404 g/mol. The maximum absolute atomic E-state index is 12.8. The highest BCUT2D eigenvalue weighted by Gasteiger charge is 2.29. The predicted octanol–water partition coefficient (Wildman–Crippen LogP) is 2.87. The highest BCUT2D eigenvalue weighted by Crippen LogP contribution is 2.37. The monoisotopic (exact) mass is 426 g/mol. The molecule has 1 atom stereocenters. The Balaban J connectivity index is 1.40. The minimum atomic E-state index is -0.640. The van der Waals surface area contributed by atoms with Crippen LogP contribution in [0.1, 0.15) is 13.3 Å². The van der Waals surface area contributed by atoms with Crippen LogP contribution in [-0.2, 0) is 19.1 Å². The summed E-state index contributed by atoms with van der Waals surface area (Å²) in [5, 5.41) is 0.388. The number of nitrogens with zero attached hydrogens (tertiary/aromatic N) is 2. The number of carbonyl (C=O) groups excluding carboxylic acids is 3. The number of anilines is 2.